The summed E-state index contributed by atoms with van der Waals surface area (Å²) in [6.45, 7) is 1.46. The minimum atomic E-state index is -3.81. The number of rotatable bonds is 6. The van der Waals surface area contributed by atoms with Crippen molar-refractivity contribution in [3.05, 3.63) is 53.4 Å². The number of fused-ring (bicyclic) bond motifs is 1. The molecule has 10 heteroatoms. The van der Waals surface area contributed by atoms with Crippen molar-refractivity contribution in [3.63, 3.8) is 0 Å². The highest BCUT2D eigenvalue weighted by atomic mass is 32.2. The fourth-order valence-corrected chi connectivity index (χ4v) is 6.14. The second-order valence-electron chi connectivity index (χ2n) is 8.47. The average Bonchev–Trinajstić information content (AvgIpc) is 3.37. The molecule has 3 aromatic rings. The number of piperazine rings is 1. The van der Waals surface area contributed by atoms with Crippen LogP contribution in [0.4, 0.5) is 17.5 Å². The number of nitrogens with one attached hydrogen (secondary N) is 1. The largest absolute Gasteiger partial charge is 0.367 e. The lowest BCUT2D eigenvalue weighted by Crippen LogP contribution is -2.49. The zero-order valence-corrected chi connectivity index (χ0v) is 19.0. The molecule has 1 aromatic heterocycles. The Balaban J connectivity index is 1.37. The van der Waals surface area contributed by atoms with Gasteiger partial charge in [0.1, 0.15) is 16.4 Å². The Morgan fingerprint density at radius 1 is 0.909 bits per heavy atom. The topological polar surface area (TPSA) is 108 Å². The fraction of sp³-hybridized carbons (Fsp3) is 0.391. The van der Waals surface area contributed by atoms with Crippen molar-refractivity contribution in [2.24, 2.45) is 5.18 Å². The molecule has 1 saturated carbocycles. The summed E-state index contributed by atoms with van der Waals surface area (Å²) in [6.07, 6.45) is 4.74. The molecule has 1 aliphatic heterocycles. The number of aromatic nitrogens is 2. The van der Waals surface area contributed by atoms with Crippen LogP contribution >= 0.6 is 0 Å². The zero-order chi connectivity index (χ0) is 22.8. The van der Waals surface area contributed by atoms with E-state index in [9.17, 15) is 13.3 Å². The first kappa shape index (κ1) is 21.7. The molecule has 0 radical (unpaired) electrons. The van der Waals surface area contributed by atoms with Crippen LogP contribution in [-0.4, -0.2) is 54.9 Å². The van der Waals surface area contributed by atoms with Gasteiger partial charge in [-0.3, -0.25) is 0 Å². The molecule has 0 bridgehead atoms. The maximum Gasteiger partial charge on any atom is 0.245 e. The predicted octanol–water partition coefficient (Wildman–Crippen LogP) is 3.89. The quantitative estimate of drug-likeness (QED) is 0.549. The molecule has 1 N–H and O–H groups in total. The molecule has 5 rings (SSSR count). The highest BCUT2D eigenvalue weighted by Crippen LogP contribution is 2.30. The molecular formula is C23H26N6O3S. The maximum atomic E-state index is 13.1. The molecule has 0 unspecified atom stereocenters. The van der Waals surface area contributed by atoms with Crippen molar-refractivity contribution in [1.29, 1.82) is 0 Å². The lowest BCUT2D eigenvalue weighted by atomic mass is 10.2. The summed E-state index contributed by atoms with van der Waals surface area (Å²) < 4.78 is 27.6. The van der Waals surface area contributed by atoms with Crippen LogP contribution < -0.4 is 10.2 Å². The van der Waals surface area contributed by atoms with E-state index in [1.807, 2.05) is 29.2 Å². The van der Waals surface area contributed by atoms with Gasteiger partial charge in [0, 0.05) is 37.6 Å². The molecule has 2 fully saturated rings. The van der Waals surface area contributed by atoms with Crippen LogP contribution in [0, 0.1) is 4.91 Å². The molecule has 0 spiro atoms. The van der Waals surface area contributed by atoms with E-state index < -0.39 is 10.0 Å². The van der Waals surface area contributed by atoms with Crippen LogP contribution in [0.2, 0.25) is 0 Å². The summed E-state index contributed by atoms with van der Waals surface area (Å²) in [7, 11) is -3.81. The van der Waals surface area contributed by atoms with Crippen LogP contribution in [0.1, 0.15) is 25.7 Å². The molecule has 0 atom stereocenters. The van der Waals surface area contributed by atoms with Gasteiger partial charge in [-0.1, -0.05) is 37.1 Å². The summed E-state index contributed by atoms with van der Waals surface area (Å²) in [5.74, 6) is 1.43. The van der Waals surface area contributed by atoms with Gasteiger partial charge in [0.15, 0.2) is 0 Å². The normalized spacial score (nSPS) is 18.0. The van der Waals surface area contributed by atoms with Crippen molar-refractivity contribution in [3.8, 4) is 0 Å². The Kier molecular flexibility index (Phi) is 5.94. The molecule has 0 amide bonds. The SMILES string of the molecule is O=Nc1ccccc1S(=O)(=O)N1CCN(c2nc(NC3CCCC3)c3ccccc3n2)CC1. The highest BCUT2D eigenvalue weighted by Gasteiger charge is 2.31. The van der Waals surface area contributed by atoms with Gasteiger partial charge in [0.05, 0.1) is 5.52 Å². The monoisotopic (exact) mass is 466 g/mol. The van der Waals surface area contributed by atoms with Crippen LogP contribution in [0.25, 0.3) is 10.9 Å². The van der Waals surface area contributed by atoms with Gasteiger partial charge in [-0.2, -0.15) is 9.29 Å². The van der Waals surface area contributed by atoms with Crippen molar-refractivity contribution in [2.75, 3.05) is 36.4 Å². The number of nitrogens with zero attached hydrogens (tertiary/aromatic N) is 5. The van der Waals surface area contributed by atoms with E-state index in [0.717, 1.165) is 29.6 Å². The zero-order valence-electron chi connectivity index (χ0n) is 18.2. The third kappa shape index (κ3) is 4.28. The standard InChI is InChI=1S/C23H26N6O3S/c30-27-20-11-5-6-12-21(20)33(31,32)29-15-13-28(14-16-29)23-25-19-10-4-3-9-18(19)22(26-23)24-17-7-1-2-8-17/h3-6,9-12,17H,1-2,7-8,13-16H2,(H,24,25,26). The van der Waals surface area contributed by atoms with Gasteiger partial charge in [0.2, 0.25) is 16.0 Å². The van der Waals surface area contributed by atoms with E-state index in [2.05, 4.69) is 10.5 Å². The summed E-state index contributed by atoms with van der Waals surface area (Å²) in [4.78, 5) is 22.6. The number of benzene rings is 2. The minimum absolute atomic E-state index is 0.0570. The van der Waals surface area contributed by atoms with Gasteiger partial charge >= 0.3 is 0 Å². The van der Waals surface area contributed by atoms with Gasteiger partial charge in [-0.15, -0.1) is 4.91 Å². The second kappa shape index (κ2) is 9.03. The maximum absolute atomic E-state index is 13.1. The van der Waals surface area contributed by atoms with Crippen molar-refractivity contribution < 1.29 is 8.42 Å². The van der Waals surface area contributed by atoms with Gasteiger partial charge in [-0.05, 0) is 42.3 Å². The first-order chi connectivity index (χ1) is 16.1. The van der Waals surface area contributed by atoms with Crippen LogP contribution in [0.5, 0.6) is 0 Å². The number of sulfonamides is 1. The molecule has 33 heavy (non-hydrogen) atoms. The molecule has 2 heterocycles. The van der Waals surface area contributed by atoms with Gasteiger partial charge in [-0.25, -0.2) is 13.4 Å². The van der Waals surface area contributed by atoms with Crippen molar-refractivity contribution in [1.82, 2.24) is 14.3 Å². The number of hydrogen-bond donors (Lipinski definition) is 1. The Morgan fingerprint density at radius 3 is 2.36 bits per heavy atom. The summed E-state index contributed by atoms with van der Waals surface area (Å²) in [6, 6.07) is 14.4. The average molecular weight is 467 g/mol. The lowest BCUT2D eigenvalue weighted by Gasteiger charge is -2.34. The minimum Gasteiger partial charge on any atom is -0.367 e. The lowest BCUT2D eigenvalue weighted by molar-refractivity contribution is 0.383. The first-order valence-electron chi connectivity index (χ1n) is 11.3. The Morgan fingerprint density at radius 2 is 1.61 bits per heavy atom. The van der Waals surface area contributed by atoms with Crippen molar-refractivity contribution in [2.45, 2.75) is 36.6 Å². The highest BCUT2D eigenvalue weighted by molar-refractivity contribution is 7.89. The fourth-order valence-electron chi connectivity index (χ4n) is 4.60. The molecular weight excluding hydrogens is 440 g/mol. The number of anilines is 2. The third-order valence-electron chi connectivity index (χ3n) is 6.39. The molecule has 2 aliphatic rings. The van der Waals surface area contributed by atoms with Crippen LogP contribution in [0.3, 0.4) is 0 Å². The first-order valence-corrected chi connectivity index (χ1v) is 12.7. The summed E-state index contributed by atoms with van der Waals surface area (Å²) >= 11 is 0. The number of nitroso groups, excluding NO2 is 1. The smallest absolute Gasteiger partial charge is 0.245 e. The second-order valence-corrected chi connectivity index (χ2v) is 10.4. The van der Waals surface area contributed by atoms with Crippen LogP contribution in [0.15, 0.2) is 58.6 Å². The predicted molar refractivity (Wildman–Crippen MR) is 128 cm³/mol. The van der Waals surface area contributed by atoms with E-state index >= 15 is 0 Å². The Labute approximate surface area is 192 Å². The molecule has 172 valence electrons. The van der Waals surface area contributed by atoms with Crippen molar-refractivity contribution >= 4 is 38.4 Å². The van der Waals surface area contributed by atoms with E-state index in [1.165, 1.54) is 29.3 Å². The molecule has 1 saturated heterocycles. The number of para-hydroxylation sites is 1. The third-order valence-corrected chi connectivity index (χ3v) is 8.34. The molecule has 9 nitrogen and oxygen atoms in total. The van der Waals surface area contributed by atoms with Gasteiger partial charge in [0.25, 0.3) is 0 Å². The number of hydrogen-bond acceptors (Lipinski definition) is 8. The van der Waals surface area contributed by atoms with E-state index in [0.29, 0.717) is 25.1 Å². The van der Waals surface area contributed by atoms with E-state index in [1.54, 1.807) is 12.1 Å². The molecule has 2 aromatic carbocycles. The van der Waals surface area contributed by atoms with Gasteiger partial charge < -0.3 is 10.2 Å². The summed E-state index contributed by atoms with van der Waals surface area (Å²) in [5.41, 5.74) is 0.796. The van der Waals surface area contributed by atoms with Crippen LogP contribution in [-0.2, 0) is 10.0 Å². The van der Waals surface area contributed by atoms with E-state index in [-0.39, 0.29) is 23.7 Å². The van der Waals surface area contributed by atoms with E-state index in [4.69, 9.17) is 9.97 Å². The summed E-state index contributed by atoms with van der Waals surface area (Å²) in [5, 5.41) is 7.48. The Bertz CT molecular complexity index is 1270. The Hall–Kier alpha value is -3.11. The molecule has 1 aliphatic carbocycles.